The van der Waals surface area contributed by atoms with Crippen molar-refractivity contribution in [1.29, 1.82) is 0 Å². The number of nitrogens with one attached hydrogen (secondary N) is 2. The standard InChI is InChI=1S/C54H58FN11O5/c1-32-25-37(27-41(55)50(32)36-16-22-64(23-17-36)33(2)46-29-40-43(13-19-57-51(40)61(46)5)65-24-18-38(56-3)28-49(65)68)53(70)60(4)39-8-9-42(58-30-39)35-14-20-63(21-15-35)31-34-7-10-44-47(26-34)62(6)54(71)66(44)45-11-12-48(67)59-52(45)69/h7-10,13,16,18-19,24-30,33,35,45,56H,11-12,14-15,17,20-23,31H2,1-6H3,(H,59,67,69)/t33-,45?/m0/s1. The Morgan fingerprint density at radius 1 is 0.915 bits per heavy atom. The summed E-state index contributed by atoms with van der Waals surface area (Å²) in [6.07, 6.45) is 10.2. The van der Waals surface area contributed by atoms with E-state index < -0.39 is 17.8 Å². The molecule has 2 saturated heterocycles. The quantitative estimate of drug-likeness (QED) is 0.133. The molecule has 1 unspecified atom stereocenters. The Morgan fingerprint density at radius 3 is 2.41 bits per heavy atom. The van der Waals surface area contributed by atoms with E-state index in [2.05, 4.69) is 49.1 Å². The zero-order valence-corrected chi connectivity index (χ0v) is 40.9. The Morgan fingerprint density at radius 2 is 1.72 bits per heavy atom. The van der Waals surface area contributed by atoms with Crippen molar-refractivity contribution >= 4 is 56.7 Å². The minimum Gasteiger partial charge on any atom is -0.388 e. The number of piperidine rings is 2. The van der Waals surface area contributed by atoms with Gasteiger partial charge in [0.15, 0.2) is 0 Å². The fourth-order valence-electron chi connectivity index (χ4n) is 10.9. The van der Waals surface area contributed by atoms with Crippen molar-refractivity contribution in [3.05, 3.63) is 152 Å². The first-order chi connectivity index (χ1) is 34.2. The molecule has 2 N–H and O–H groups in total. The van der Waals surface area contributed by atoms with Crippen molar-refractivity contribution in [3.8, 4) is 5.69 Å². The van der Waals surface area contributed by atoms with Crippen molar-refractivity contribution in [2.24, 2.45) is 14.1 Å². The Bertz CT molecular complexity index is 3390. The fourth-order valence-corrected chi connectivity index (χ4v) is 10.9. The predicted octanol–water partition coefficient (Wildman–Crippen LogP) is 6.75. The summed E-state index contributed by atoms with van der Waals surface area (Å²) in [5.74, 6) is -1.25. The lowest BCUT2D eigenvalue weighted by atomic mass is 9.92. The summed E-state index contributed by atoms with van der Waals surface area (Å²) in [7, 11) is 7.17. The highest BCUT2D eigenvalue weighted by Gasteiger charge is 2.32. The number of anilines is 2. The van der Waals surface area contributed by atoms with Crippen LogP contribution in [-0.4, -0.2) is 96.0 Å². The van der Waals surface area contributed by atoms with E-state index in [-0.39, 0.29) is 47.0 Å². The van der Waals surface area contributed by atoms with Gasteiger partial charge in [-0.25, -0.2) is 14.2 Å². The zero-order valence-electron chi connectivity index (χ0n) is 40.9. The number of imide groups is 1. The summed E-state index contributed by atoms with van der Waals surface area (Å²) in [5, 5.41) is 6.26. The van der Waals surface area contributed by atoms with E-state index in [1.165, 1.54) is 15.5 Å². The third-order valence-electron chi connectivity index (χ3n) is 15.0. The maximum absolute atomic E-state index is 16.1. The van der Waals surface area contributed by atoms with Crippen LogP contribution in [0.5, 0.6) is 0 Å². The van der Waals surface area contributed by atoms with Gasteiger partial charge >= 0.3 is 5.69 Å². The van der Waals surface area contributed by atoms with Gasteiger partial charge in [-0.15, -0.1) is 0 Å². The van der Waals surface area contributed by atoms with E-state index in [1.54, 1.807) is 61.0 Å². The third-order valence-corrected chi connectivity index (χ3v) is 15.0. The average molecular weight is 960 g/mol. The maximum Gasteiger partial charge on any atom is 0.329 e. The predicted molar refractivity (Wildman–Crippen MR) is 272 cm³/mol. The van der Waals surface area contributed by atoms with Crippen molar-refractivity contribution in [3.63, 3.8) is 0 Å². The molecule has 366 valence electrons. The molecular formula is C54H58FN11O5. The number of nitrogens with zero attached hydrogens (tertiary/aromatic N) is 9. The average Bonchev–Trinajstić information content (AvgIpc) is 3.84. The summed E-state index contributed by atoms with van der Waals surface area (Å²) in [4.78, 5) is 80.2. The number of amides is 3. The van der Waals surface area contributed by atoms with E-state index in [9.17, 15) is 24.0 Å². The summed E-state index contributed by atoms with van der Waals surface area (Å²) in [6, 6.07) is 19.6. The van der Waals surface area contributed by atoms with Crippen LogP contribution in [0.1, 0.15) is 95.5 Å². The van der Waals surface area contributed by atoms with Gasteiger partial charge in [0.05, 0.1) is 28.6 Å². The number of carbonyl (C=O) groups excluding carboxylic acids is 3. The first kappa shape index (κ1) is 47.2. The number of likely N-dealkylation sites (tertiary alicyclic amines) is 1. The van der Waals surface area contributed by atoms with E-state index in [1.807, 2.05) is 56.4 Å². The molecule has 17 heteroatoms. The van der Waals surface area contributed by atoms with Gasteiger partial charge in [0.25, 0.3) is 11.5 Å². The molecule has 71 heavy (non-hydrogen) atoms. The van der Waals surface area contributed by atoms with Gasteiger partial charge in [-0.1, -0.05) is 12.1 Å². The Labute approximate surface area is 410 Å². The van der Waals surface area contributed by atoms with Crippen molar-refractivity contribution < 1.29 is 18.8 Å². The summed E-state index contributed by atoms with van der Waals surface area (Å²) < 4.78 is 22.9. The van der Waals surface area contributed by atoms with Crippen LogP contribution in [0.25, 0.3) is 33.3 Å². The van der Waals surface area contributed by atoms with E-state index >= 15 is 4.39 Å². The molecule has 0 radical (unpaired) electrons. The van der Waals surface area contributed by atoms with Gasteiger partial charge in [-0.2, -0.15) is 0 Å². The lowest BCUT2D eigenvalue weighted by molar-refractivity contribution is -0.135. The Hall–Kier alpha value is -7.50. The topological polar surface area (TPSA) is 165 Å². The monoisotopic (exact) mass is 959 g/mol. The number of carbonyl (C=O) groups is 3. The van der Waals surface area contributed by atoms with Crippen LogP contribution in [0.15, 0.2) is 101 Å². The smallest absolute Gasteiger partial charge is 0.329 e. The summed E-state index contributed by atoms with van der Waals surface area (Å²) in [6.45, 7) is 7.76. The number of fused-ring (bicyclic) bond motifs is 2. The second-order valence-corrected chi connectivity index (χ2v) is 19.2. The van der Waals surface area contributed by atoms with Gasteiger partial charge in [0.1, 0.15) is 17.5 Å². The molecule has 0 aliphatic carbocycles. The highest BCUT2D eigenvalue weighted by atomic mass is 19.1. The third kappa shape index (κ3) is 8.77. The number of hydrogen-bond acceptors (Lipinski definition) is 10. The molecule has 3 amide bonds. The molecule has 7 aromatic rings. The molecule has 2 atom stereocenters. The second-order valence-electron chi connectivity index (χ2n) is 19.2. The molecule has 2 fully saturated rings. The number of benzene rings is 2. The van der Waals surface area contributed by atoms with Crippen LogP contribution in [0.3, 0.4) is 0 Å². The molecule has 2 aromatic carbocycles. The number of halogens is 1. The van der Waals surface area contributed by atoms with Crippen molar-refractivity contribution in [2.75, 3.05) is 50.5 Å². The summed E-state index contributed by atoms with van der Waals surface area (Å²) in [5.41, 5.74) is 9.42. The highest BCUT2D eigenvalue weighted by Crippen LogP contribution is 2.35. The normalized spacial score (nSPS) is 17.7. The van der Waals surface area contributed by atoms with Gasteiger partial charge in [-0.05, 0) is 124 Å². The molecule has 3 aliphatic rings. The lowest BCUT2D eigenvalue weighted by Crippen LogP contribution is -2.44. The van der Waals surface area contributed by atoms with Gasteiger partial charge in [0, 0.05) is 118 Å². The van der Waals surface area contributed by atoms with Crippen LogP contribution in [0.4, 0.5) is 15.8 Å². The first-order valence-corrected chi connectivity index (χ1v) is 24.3. The van der Waals surface area contributed by atoms with Crippen molar-refractivity contribution in [1.82, 2.24) is 43.4 Å². The molecule has 3 aliphatic heterocycles. The number of aryl methyl sites for hydroxylation is 3. The van der Waals surface area contributed by atoms with E-state index in [0.29, 0.717) is 54.8 Å². The summed E-state index contributed by atoms with van der Waals surface area (Å²) >= 11 is 0. The van der Waals surface area contributed by atoms with Crippen LogP contribution < -0.4 is 26.8 Å². The van der Waals surface area contributed by atoms with Gasteiger partial charge in [-0.3, -0.25) is 53.0 Å². The molecule has 8 heterocycles. The first-order valence-electron chi connectivity index (χ1n) is 24.3. The van der Waals surface area contributed by atoms with Crippen LogP contribution in [0, 0.1) is 12.7 Å². The Balaban J connectivity index is 0.754. The van der Waals surface area contributed by atoms with Crippen molar-refractivity contribution in [2.45, 2.75) is 70.5 Å². The molecule has 0 spiro atoms. The number of imidazole rings is 1. The number of rotatable bonds is 11. The minimum atomic E-state index is -0.720. The lowest BCUT2D eigenvalue weighted by Gasteiger charge is -2.32. The molecule has 0 saturated carbocycles. The Kier molecular flexibility index (Phi) is 12.6. The largest absolute Gasteiger partial charge is 0.388 e. The van der Waals surface area contributed by atoms with Crippen LogP contribution >= 0.6 is 0 Å². The van der Waals surface area contributed by atoms with Crippen LogP contribution in [-0.2, 0) is 30.2 Å². The molecular weight excluding hydrogens is 902 g/mol. The van der Waals surface area contributed by atoms with Gasteiger partial charge < -0.3 is 14.8 Å². The fraction of sp³-hybridized carbons (Fsp3) is 0.352. The maximum atomic E-state index is 16.1. The second kappa shape index (κ2) is 19.0. The molecule has 10 rings (SSSR count). The van der Waals surface area contributed by atoms with E-state index in [4.69, 9.17) is 4.98 Å². The zero-order chi connectivity index (χ0) is 49.8. The number of hydrogen-bond donors (Lipinski definition) is 2. The van der Waals surface area contributed by atoms with Crippen LogP contribution in [0.2, 0.25) is 0 Å². The SMILES string of the molecule is CNc1ccn(-c2ccnc3c2cc([C@H](C)N2CC=C(c4c(C)cc(C(=O)N(C)c5ccc(C6CCN(Cc7ccc8c(c7)n(C)c(=O)n8C7CCC(=O)NC7=O)CC6)nc5)cc4F)CC2)n3C)c(=O)c1. The number of aromatic nitrogens is 6. The number of pyridine rings is 3. The molecule has 0 bridgehead atoms. The minimum absolute atomic E-state index is 0.0109. The molecule has 16 nitrogen and oxygen atoms in total. The van der Waals surface area contributed by atoms with Gasteiger partial charge in [0.2, 0.25) is 11.8 Å². The highest BCUT2D eigenvalue weighted by molar-refractivity contribution is 6.06. The van der Waals surface area contributed by atoms with E-state index in [0.717, 1.165) is 76.4 Å². The molecule has 5 aromatic heterocycles.